The van der Waals surface area contributed by atoms with E-state index in [0.29, 0.717) is 21.3 Å². The molecule has 1 amide bonds. The van der Waals surface area contributed by atoms with Crippen LogP contribution in [0.1, 0.15) is 9.67 Å². The van der Waals surface area contributed by atoms with Gasteiger partial charge in [0.15, 0.2) is 0 Å². The second kappa shape index (κ2) is 5.35. The number of carbonyl (C=O) groups excluding carboxylic acids is 1. The van der Waals surface area contributed by atoms with Crippen molar-refractivity contribution >= 4 is 50.3 Å². The van der Waals surface area contributed by atoms with Gasteiger partial charge in [0.05, 0.1) is 15.6 Å². The Morgan fingerprint density at radius 3 is 2.81 bits per heavy atom. The first kappa shape index (κ1) is 13.9. The summed E-state index contributed by atoms with van der Waals surface area (Å²) in [5.41, 5.74) is 6.63. The maximum atomic E-state index is 13.2. The summed E-state index contributed by atoms with van der Waals surface area (Å²) in [4.78, 5) is 12.7. The molecule has 106 valence electrons. The monoisotopic (exact) mass is 320 g/mol. The first-order valence-corrected chi connectivity index (χ1v) is 7.28. The molecule has 0 saturated heterocycles. The first-order valence-electron chi connectivity index (χ1n) is 6.08. The summed E-state index contributed by atoms with van der Waals surface area (Å²) in [5.74, 6) is -0.626. The lowest BCUT2D eigenvalue weighted by Crippen LogP contribution is -2.10. The van der Waals surface area contributed by atoms with Crippen LogP contribution in [0.25, 0.3) is 10.1 Å². The molecule has 0 bridgehead atoms. The number of benzene rings is 2. The van der Waals surface area contributed by atoms with Crippen molar-refractivity contribution in [3.63, 3.8) is 0 Å². The Bertz CT molecular complexity index is 847. The Morgan fingerprint density at radius 2 is 2.00 bits per heavy atom. The van der Waals surface area contributed by atoms with Gasteiger partial charge in [0, 0.05) is 10.4 Å². The summed E-state index contributed by atoms with van der Waals surface area (Å²) < 4.78 is 13.9. The minimum Gasteiger partial charge on any atom is -0.399 e. The average Bonchev–Trinajstić information content (AvgIpc) is 2.86. The first-order chi connectivity index (χ1) is 10.0. The zero-order chi connectivity index (χ0) is 15.0. The predicted molar refractivity (Wildman–Crippen MR) is 85.6 cm³/mol. The molecular weight excluding hydrogens is 311 g/mol. The van der Waals surface area contributed by atoms with E-state index < -0.39 is 0 Å². The fourth-order valence-electron chi connectivity index (χ4n) is 1.94. The molecular formula is C15H10ClFN2OS. The zero-order valence-corrected chi connectivity index (χ0v) is 12.3. The van der Waals surface area contributed by atoms with Gasteiger partial charge in [0.2, 0.25) is 0 Å². The lowest BCUT2D eigenvalue weighted by molar-refractivity contribution is 0.103. The Labute approximate surface area is 129 Å². The number of hydrogen-bond donors (Lipinski definition) is 2. The molecule has 3 rings (SSSR count). The standard InChI is InChI=1S/C15H10ClFN2OS/c16-11-4-3-10(18)7-12(11)19-15(20)14-5-8-1-2-9(17)6-13(8)21-14/h1-7H,18H2,(H,19,20). The Hall–Kier alpha value is -2.11. The van der Waals surface area contributed by atoms with Gasteiger partial charge in [-0.25, -0.2) is 4.39 Å². The van der Waals surface area contributed by atoms with Crippen molar-refractivity contribution in [1.82, 2.24) is 0 Å². The van der Waals surface area contributed by atoms with Gasteiger partial charge in [0.1, 0.15) is 5.82 Å². The summed E-state index contributed by atoms with van der Waals surface area (Å²) in [6, 6.07) is 11.0. The number of amides is 1. The van der Waals surface area contributed by atoms with Gasteiger partial charge in [-0.2, -0.15) is 0 Å². The molecule has 21 heavy (non-hydrogen) atoms. The SMILES string of the molecule is Nc1ccc(Cl)c(NC(=O)c2cc3ccc(F)cc3s2)c1. The maximum Gasteiger partial charge on any atom is 0.265 e. The van der Waals surface area contributed by atoms with E-state index in [1.165, 1.54) is 23.5 Å². The van der Waals surface area contributed by atoms with Crippen LogP contribution < -0.4 is 11.1 Å². The van der Waals surface area contributed by atoms with E-state index in [1.54, 1.807) is 30.3 Å². The highest BCUT2D eigenvalue weighted by molar-refractivity contribution is 7.20. The number of carbonyl (C=O) groups is 1. The van der Waals surface area contributed by atoms with Crippen LogP contribution in [0.4, 0.5) is 15.8 Å². The highest BCUT2D eigenvalue weighted by Gasteiger charge is 2.12. The maximum absolute atomic E-state index is 13.2. The van der Waals surface area contributed by atoms with E-state index in [-0.39, 0.29) is 11.7 Å². The molecule has 0 unspecified atom stereocenters. The van der Waals surface area contributed by atoms with Crippen molar-refractivity contribution in [2.24, 2.45) is 0 Å². The van der Waals surface area contributed by atoms with Gasteiger partial charge in [-0.3, -0.25) is 4.79 Å². The molecule has 3 N–H and O–H groups in total. The third kappa shape index (κ3) is 2.84. The third-order valence-electron chi connectivity index (χ3n) is 2.94. The largest absolute Gasteiger partial charge is 0.399 e. The molecule has 0 spiro atoms. The van der Waals surface area contributed by atoms with Crippen molar-refractivity contribution < 1.29 is 9.18 Å². The number of nitrogens with two attached hydrogens (primary N) is 1. The summed E-state index contributed by atoms with van der Waals surface area (Å²) >= 11 is 7.23. The predicted octanol–water partition coefficient (Wildman–Crippen LogP) is 4.53. The molecule has 3 nitrogen and oxygen atoms in total. The van der Waals surface area contributed by atoms with Gasteiger partial charge < -0.3 is 11.1 Å². The molecule has 6 heteroatoms. The molecule has 1 heterocycles. The summed E-state index contributed by atoms with van der Waals surface area (Å²) in [7, 11) is 0. The highest BCUT2D eigenvalue weighted by atomic mass is 35.5. The van der Waals surface area contributed by atoms with Crippen molar-refractivity contribution in [3.05, 3.63) is 58.2 Å². The van der Waals surface area contributed by atoms with Gasteiger partial charge in [-0.15, -0.1) is 11.3 Å². The Balaban J connectivity index is 1.91. The van der Waals surface area contributed by atoms with Crippen LogP contribution in [-0.2, 0) is 0 Å². The smallest absolute Gasteiger partial charge is 0.265 e. The van der Waals surface area contributed by atoms with E-state index in [0.717, 1.165) is 10.1 Å². The fraction of sp³-hybridized carbons (Fsp3) is 0. The van der Waals surface area contributed by atoms with Crippen molar-refractivity contribution in [1.29, 1.82) is 0 Å². The number of rotatable bonds is 2. The normalized spacial score (nSPS) is 10.8. The van der Waals surface area contributed by atoms with E-state index in [2.05, 4.69) is 5.32 Å². The van der Waals surface area contributed by atoms with Crippen LogP contribution in [-0.4, -0.2) is 5.91 Å². The van der Waals surface area contributed by atoms with Crippen LogP contribution in [0.5, 0.6) is 0 Å². The summed E-state index contributed by atoms with van der Waals surface area (Å²) in [6.07, 6.45) is 0. The number of fused-ring (bicyclic) bond motifs is 1. The van der Waals surface area contributed by atoms with E-state index >= 15 is 0 Å². The molecule has 0 aliphatic heterocycles. The van der Waals surface area contributed by atoms with Gasteiger partial charge >= 0.3 is 0 Å². The lowest BCUT2D eigenvalue weighted by atomic mass is 10.2. The molecule has 0 atom stereocenters. The average molecular weight is 321 g/mol. The van der Waals surface area contributed by atoms with Crippen LogP contribution in [0.3, 0.4) is 0 Å². The molecule has 0 fully saturated rings. The summed E-state index contributed by atoms with van der Waals surface area (Å²) in [6.45, 7) is 0. The van der Waals surface area contributed by atoms with E-state index in [9.17, 15) is 9.18 Å². The number of hydrogen-bond acceptors (Lipinski definition) is 3. The van der Waals surface area contributed by atoms with E-state index in [4.69, 9.17) is 17.3 Å². The van der Waals surface area contributed by atoms with Crippen LogP contribution in [0.2, 0.25) is 5.02 Å². The van der Waals surface area contributed by atoms with Gasteiger partial charge in [-0.1, -0.05) is 17.7 Å². The van der Waals surface area contributed by atoms with Crippen LogP contribution in [0.15, 0.2) is 42.5 Å². The number of anilines is 2. The fourth-order valence-corrected chi connectivity index (χ4v) is 3.09. The van der Waals surface area contributed by atoms with Crippen LogP contribution >= 0.6 is 22.9 Å². The zero-order valence-electron chi connectivity index (χ0n) is 10.7. The quantitative estimate of drug-likeness (QED) is 0.682. The van der Waals surface area contributed by atoms with Crippen molar-refractivity contribution in [2.75, 3.05) is 11.1 Å². The number of halogens is 2. The molecule has 0 aliphatic rings. The third-order valence-corrected chi connectivity index (χ3v) is 4.37. The lowest BCUT2D eigenvalue weighted by Gasteiger charge is -2.06. The molecule has 0 aliphatic carbocycles. The molecule has 2 aromatic carbocycles. The number of nitrogens with one attached hydrogen (secondary N) is 1. The second-order valence-corrected chi connectivity index (χ2v) is 5.98. The molecule has 1 aromatic heterocycles. The van der Waals surface area contributed by atoms with Crippen molar-refractivity contribution in [3.8, 4) is 0 Å². The topological polar surface area (TPSA) is 55.1 Å². The molecule has 0 radical (unpaired) electrons. The second-order valence-electron chi connectivity index (χ2n) is 4.49. The Morgan fingerprint density at radius 1 is 1.19 bits per heavy atom. The minimum atomic E-state index is -0.324. The van der Waals surface area contributed by atoms with Crippen LogP contribution in [0, 0.1) is 5.82 Å². The highest BCUT2D eigenvalue weighted by Crippen LogP contribution is 2.29. The number of thiophene rings is 1. The van der Waals surface area contributed by atoms with Gasteiger partial charge in [-0.05, 0) is 41.8 Å². The van der Waals surface area contributed by atoms with E-state index in [1.807, 2.05) is 0 Å². The van der Waals surface area contributed by atoms with Crippen molar-refractivity contribution in [2.45, 2.75) is 0 Å². The van der Waals surface area contributed by atoms with Gasteiger partial charge in [0.25, 0.3) is 5.91 Å². The summed E-state index contributed by atoms with van der Waals surface area (Å²) in [5, 5.41) is 3.94. The molecule has 3 aromatic rings. The minimum absolute atomic E-state index is 0.302. The number of nitrogen functional groups attached to an aromatic ring is 1. The molecule has 0 saturated carbocycles. The Kier molecular flexibility index (Phi) is 3.53.